The molecule has 0 saturated heterocycles. The predicted molar refractivity (Wildman–Crippen MR) is 74.2 cm³/mol. The Hall–Kier alpha value is -1.23. The number of hydrogen-bond donors (Lipinski definition) is 1. The molecule has 0 aliphatic heterocycles. The average molecular weight is 321 g/mol. The number of sulfonamides is 1. The second-order valence-electron chi connectivity index (χ2n) is 4.41. The molecule has 1 aliphatic carbocycles. The van der Waals surface area contributed by atoms with E-state index in [4.69, 9.17) is 10.5 Å². The number of rotatable bonds is 7. The molecule has 0 aromatic carbocycles. The zero-order chi connectivity index (χ0) is 14.9. The minimum Gasteiger partial charge on any atom is -0.385 e. The molecule has 8 nitrogen and oxygen atoms in total. The lowest BCUT2D eigenvalue weighted by Crippen LogP contribution is -2.35. The lowest BCUT2D eigenvalue weighted by Gasteiger charge is -2.20. The highest BCUT2D eigenvalue weighted by Gasteiger charge is 2.39. The first-order valence-electron chi connectivity index (χ1n) is 5.92. The molecule has 112 valence electrons. The topological polar surface area (TPSA) is 116 Å². The summed E-state index contributed by atoms with van der Waals surface area (Å²) >= 11 is 0.722. The van der Waals surface area contributed by atoms with E-state index in [1.165, 1.54) is 11.4 Å². The molecule has 0 amide bonds. The Balaban J connectivity index is 2.32. The van der Waals surface area contributed by atoms with E-state index in [2.05, 4.69) is 0 Å². The van der Waals surface area contributed by atoms with Crippen molar-refractivity contribution in [3.8, 4) is 0 Å². The second-order valence-corrected chi connectivity index (χ2v) is 7.61. The van der Waals surface area contributed by atoms with Crippen molar-refractivity contribution in [2.75, 3.05) is 26.0 Å². The van der Waals surface area contributed by atoms with Gasteiger partial charge < -0.3 is 10.5 Å². The van der Waals surface area contributed by atoms with Gasteiger partial charge in [0, 0.05) is 25.8 Å². The Bertz CT molecular complexity index is 608. The van der Waals surface area contributed by atoms with Gasteiger partial charge in [-0.2, -0.15) is 4.31 Å². The summed E-state index contributed by atoms with van der Waals surface area (Å²) in [6.45, 7) is 0.508. The van der Waals surface area contributed by atoms with Crippen molar-refractivity contribution in [2.45, 2.75) is 23.1 Å². The van der Waals surface area contributed by atoms with Gasteiger partial charge in [0.15, 0.2) is 5.00 Å². The van der Waals surface area contributed by atoms with Gasteiger partial charge in [0.25, 0.3) is 10.0 Å². The van der Waals surface area contributed by atoms with Crippen LogP contribution in [0, 0.1) is 10.1 Å². The molecule has 1 fully saturated rings. The third kappa shape index (κ3) is 2.92. The number of anilines is 1. The number of nitrogens with zero attached hydrogens (tertiary/aromatic N) is 2. The summed E-state index contributed by atoms with van der Waals surface area (Å²) in [6, 6.07) is 0.981. The van der Waals surface area contributed by atoms with E-state index < -0.39 is 14.9 Å². The van der Waals surface area contributed by atoms with Gasteiger partial charge in [-0.3, -0.25) is 10.1 Å². The number of nitrogen functional groups attached to an aromatic ring is 1. The summed E-state index contributed by atoms with van der Waals surface area (Å²) in [5.41, 5.74) is 5.14. The molecule has 1 aromatic heterocycles. The van der Waals surface area contributed by atoms with Gasteiger partial charge in [-0.1, -0.05) is 11.3 Å². The van der Waals surface area contributed by atoms with Gasteiger partial charge in [0.05, 0.1) is 11.5 Å². The highest BCUT2D eigenvalue weighted by Crippen LogP contribution is 2.39. The van der Waals surface area contributed by atoms with E-state index in [1.807, 2.05) is 0 Å². The number of methoxy groups -OCH3 is 1. The Morgan fingerprint density at radius 2 is 2.25 bits per heavy atom. The Morgan fingerprint density at radius 3 is 2.70 bits per heavy atom. The second kappa shape index (κ2) is 5.64. The lowest BCUT2D eigenvalue weighted by molar-refractivity contribution is -0.383. The molecule has 0 radical (unpaired) electrons. The summed E-state index contributed by atoms with van der Waals surface area (Å²) in [5.74, 6) is 0. The first-order valence-corrected chi connectivity index (χ1v) is 8.18. The van der Waals surface area contributed by atoms with E-state index in [9.17, 15) is 18.5 Å². The molecule has 1 aromatic rings. The number of hydrogen-bond acceptors (Lipinski definition) is 7. The molecule has 0 spiro atoms. The van der Waals surface area contributed by atoms with Crippen molar-refractivity contribution >= 4 is 32.0 Å². The van der Waals surface area contributed by atoms with E-state index in [1.54, 1.807) is 0 Å². The fourth-order valence-corrected chi connectivity index (χ4v) is 4.81. The standard InChI is InChI=1S/C10H15N3O5S2/c1-18-5-4-12(7-2-3-7)20(16,17)9-6-8(13(14)15)10(11)19-9/h6-7H,2-5,11H2,1H3. The zero-order valence-corrected chi connectivity index (χ0v) is 12.4. The summed E-state index contributed by atoms with van der Waals surface area (Å²) in [5, 5.41) is 10.7. The minimum atomic E-state index is -3.76. The van der Waals surface area contributed by atoms with Crippen LogP contribution in [0.1, 0.15) is 12.8 Å². The van der Waals surface area contributed by atoms with E-state index in [0.717, 1.165) is 30.2 Å². The number of nitrogens with two attached hydrogens (primary N) is 1. The van der Waals surface area contributed by atoms with Gasteiger partial charge in [-0.05, 0) is 12.8 Å². The van der Waals surface area contributed by atoms with Crippen LogP contribution in [0.2, 0.25) is 0 Å². The summed E-state index contributed by atoms with van der Waals surface area (Å²) in [7, 11) is -2.27. The quantitative estimate of drug-likeness (QED) is 0.592. The van der Waals surface area contributed by atoms with Gasteiger partial charge >= 0.3 is 5.69 Å². The molecule has 0 unspecified atom stereocenters. The molecule has 1 saturated carbocycles. The lowest BCUT2D eigenvalue weighted by atomic mass is 10.5. The minimum absolute atomic E-state index is 0.0440. The highest BCUT2D eigenvalue weighted by atomic mass is 32.2. The first kappa shape index (κ1) is 15.2. The summed E-state index contributed by atoms with van der Waals surface area (Å²) < 4.78 is 31.2. The molecule has 1 heterocycles. The fraction of sp³-hybridized carbons (Fsp3) is 0.600. The SMILES string of the molecule is COCCN(C1CC1)S(=O)(=O)c1cc([N+](=O)[O-])c(N)s1. The molecule has 20 heavy (non-hydrogen) atoms. The van der Waals surface area contributed by atoms with Crippen molar-refractivity contribution < 1.29 is 18.1 Å². The Morgan fingerprint density at radius 1 is 1.60 bits per heavy atom. The molecular weight excluding hydrogens is 306 g/mol. The van der Waals surface area contributed by atoms with Crippen molar-refractivity contribution in [3.05, 3.63) is 16.2 Å². The van der Waals surface area contributed by atoms with Gasteiger partial charge in [0.2, 0.25) is 0 Å². The normalized spacial score (nSPS) is 15.7. The summed E-state index contributed by atoms with van der Waals surface area (Å²) in [4.78, 5) is 10.1. The predicted octanol–water partition coefficient (Wildman–Crippen LogP) is 1.04. The van der Waals surface area contributed by atoms with Crippen molar-refractivity contribution in [2.24, 2.45) is 0 Å². The van der Waals surface area contributed by atoms with Crippen LogP contribution in [-0.2, 0) is 14.8 Å². The van der Waals surface area contributed by atoms with Crippen LogP contribution in [0.3, 0.4) is 0 Å². The third-order valence-corrected chi connectivity index (χ3v) is 6.30. The Kier molecular flexibility index (Phi) is 4.28. The highest BCUT2D eigenvalue weighted by molar-refractivity contribution is 7.91. The molecule has 1 aliphatic rings. The first-order chi connectivity index (χ1) is 9.37. The van der Waals surface area contributed by atoms with E-state index in [0.29, 0.717) is 0 Å². The van der Waals surface area contributed by atoms with Gasteiger partial charge in [-0.25, -0.2) is 8.42 Å². The molecule has 2 rings (SSSR count). The van der Waals surface area contributed by atoms with Crippen molar-refractivity contribution in [1.29, 1.82) is 0 Å². The van der Waals surface area contributed by atoms with Gasteiger partial charge in [0.1, 0.15) is 4.21 Å². The number of ether oxygens (including phenoxy) is 1. The van der Waals surface area contributed by atoms with Crippen molar-refractivity contribution in [1.82, 2.24) is 4.31 Å². The van der Waals surface area contributed by atoms with Gasteiger partial charge in [-0.15, -0.1) is 0 Å². The average Bonchev–Trinajstić information content (AvgIpc) is 3.10. The smallest absolute Gasteiger partial charge is 0.304 e. The molecule has 2 N–H and O–H groups in total. The largest absolute Gasteiger partial charge is 0.385 e. The number of thiophene rings is 1. The Labute approximate surface area is 120 Å². The molecule has 10 heteroatoms. The van der Waals surface area contributed by atoms with Crippen LogP contribution in [0.15, 0.2) is 10.3 Å². The fourth-order valence-electron chi connectivity index (χ4n) is 1.80. The monoisotopic (exact) mass is 321 g/mol. The summed E-state index contributed by atoms with van der Waals surface area (Å²) in [6.07, 6.45) is 1.60. The van der Waals surface area contributed by atoms with E-state index in [-0.39, 0.29) is 34.1 Å². The van der Waals surface area contributed by atoms with Crippen LogP contribution in [0.4, 0.5) is 10.7 Å². The van der Waals surface area contributed by atoms with Crippen LogP contribution in [-0.4, -0.2) is 43.9 Å². The maximum Gasteiger partial charge on any atom is 0.304 e. The molecule has 0 bridgehead atoms. The zero-order valence-electron chi connectivity index (χ0n) is 10.8. The van der Waals surface area contributed by atoms with E-state index >= 15 is 0 Å². The molecule has 0 atom stereocenters. The van der Waals surface area contributed by atoms with Crippen molar-refractivity contribution in [3.63, 3.8) is 0 Å². The third-order valence-electron chi connectivity index (χ3n) is 2.95. The van der Waals surface area contributed by atoms with Crippen LogP contribution in [0.25, 0.3) is 0 Å². The van der Waals surface area contributed by atoms with Crippen LogP contribution < -0.4 is 5.73 Å². The molecular formula is C10H15N3O5S2. The van der Waals surface area contributed by atoms with Crippen LogP contribution >= 0.6 is 11.3 Å². The number of nitro groups is 1. The maximum atomic E-state index is 12.5. The van der Waals surface area contributed by atoms with Crippen LogP contribution in [0.5, 0.6) is 0 Å². The maximum absolute atomic E-state index is 12.5.